The lowest BCUT2D eigenvalue weighted by atomic mass is 9.50. The van der Waals surface area contributed by atoms with E-state index in [1.165, 1.54) is 0 Å². The van der Waals surface area contributed by atoms with E-state index in [-0.39, 0.29) is 12.1 Å². The minimum absolute atomic E-state index is 0.0190. The molecular weight excluding hydrogens is 445 g/mol. The third kappa shape index (κ3) is 3.66. The predicted molar refractivity (Wildman–Crippen MR) is 117 cm³/mol. The van der Waals surface area contributed by atoms with Gasteiger partial charge in [-0.15, -0.1) is 0 Å². The Balaban J connectivity index is 1.12. The maximum atomic E-state index is 15.1. The first kappa shape index (κ1) is 21.3. The number of hydrogen-bond donors (Lipinski definition) is 3. The fraction of sp³-hybridized carbons (Fsp3) is 0.545. The van der Waals surface area contributed by atoms with E-state index in [1.54, 1.807) is 17.7 Å². The second-order valence-electron chi connectivity index (χ2n) is 9.49. The highest BCUT2D eigenvalue weighted by molar-refractivity contribution is 5.72. The van der Waals surface area contributed by atoms with Crippen LogP contribution in [0.25, 0.3) is 5.52 Å². The number of rotatable bonds is 7. The van der Waals surface area contributed by atoms with Crippen molar-refractivity contribution in [2.45, 2.75) is 56.7 Å². The highest BCUT2D eigenvalue weighted by Crippen LogP contribution is 2.57. The number of fused-ring (bicyclic) bond motifs is 1. The molecule has 3 aromatic rings. The summed E-state index contributed by atoms with van der Waals surface area (Å²) < 4.78 is 32.9. The molecule has 4 heterocycles. The fourth-order valence-corrected chi connectivity index (χ4v) is 5.09. The van der Waals surface area contributed by atoms with E-state index in [2.05, 4.69) is 30.9 Å². The molecule has 12 heteroatoms. The largest absolute Gasteiger partial charge is 0.441 e. The zero-order valence-electron chi connectivity index (χ0n) is 18.9. The molecule has 7 rings (SSSR count). The van der Waals surface area contributed by atoms with Gasteiger partial charge in [0, 0.05) is 18.7 Å². The Morgan fingerprint density at radius 2 is 2.21 bits per heavy atom. The summed E-state index contributed by atoms with van der Waals surface area (Å²) in [5.41, 5.74) is 2.61. The van der Waals surface area contributed by atoms with Crippen molar-refractivity contribution >= 4 is 23.2 Å². The van der Waals surface area contributed by atoms with Crippen LogP contribution >= 0.6 is 0 Å². The van der Waals surface area contributed by atoms with Crippen LogP contribution in [0.1, 0.15) is 42.4 Å². The monoisotopic (exact) mass is 471 g/mol. The number of aromatic amines is 1. The zero-order valence-corrected chi connectivity index (χ0v) is 18.9. The highest BCUT2D eigenvalue weighted by Gasteiger charge is 2.58. The topological polar surface area (TPSA) is 128 Å². The number of aromatic nitrogens is 5. The van der Waals surface area contributed by atoms with Gasteiger partial charge in [-0.2, -0.15) is 10.2 Å². The Labute approximate surface area is 194 Å². The first-order valence-electron chi connectivity index (χ1n) is 11.3. The van der Waals surface area contributed by atoms with Crippen molar-refractivity contribution in [3.63, 3.8) is 0 Å². The van der Waals surface area contributed by atoms with Crippen LogP contribution in [-0.4, -0.2) is 62.4 Å². The summed E-state index contributed by atoms with van der Waals surface area (Å²) in [7, 11) is 1.61. The number of carbonyl (C=O) groups is 1. The van der Waals surface area contributed by atoms with Gasteiger partial charge in [-0.25, -0.2) is 18.7 Å². The number of amides is 1. The molecule has 0 aromatic carbocycles. The van der Waals surface area contributed by atoms with Crippen LogP contribution < -0.4 is 10.6 Å². The van der Waals surface area contributed by atoms with Gasteiger partial charge < -0.3 is 24.8 Å². The van der Waals surface area contributed by atoms with E-state index < -0.39 is 24.5 Å². The van der Waals surface area contributed by atoms with Crippen LogP contribution in [-0.2, 0) is 20.8 Å². The first-order chi connectivity index (χ1) is 16.4. The van der Waals surface area contributed by atoms with E-state index in [0.717, 1.165) is 42.1 Å². The van der Waals surface area contributed by atoms with Crippen LogP contribution in [0.3, 0.4) is 0 Å². The number of methoxy groups -OCH3 is 1. The second-order valence-corrected chi connectivity index (χ2v) is 9.49. The van der Waals surface area contributed by atoms with Gasteiger partial charge in [-0.3, -0.25) is 5.10 Å². The number of H-pyrrole nitrogens is 1. The van der Waals surface area contributed by atoms with Crippen molar-refractivity contribution in [2.75, 3.05) is 19.0 Å². The van der Waals surface area contributed by atoms with Crippen LogP contribution in [0.4, 0.5) is 20.8 Å². The lowest BCUT2D eigenvalue weighted by Gasteiger charge is -2.61. The Bertz CT molecular complexity index is 1230. The molecule has 180 valence electrons. The number of anilines is 2. The predicted octanol–water partition coefficient (Wildman–Crippen LogP) is 2.71. The number of nitrogens with zero attached hydrogens (tertiary/aromatic N) is 4. The average molecular weight is 471 g/mol. The highest BCUT2D eigenvalue weighted by atomic mass is 19.1. The standard InChI is InChI=1S/C22H26FN7O4/c1-11-8-30-15(3-13(29-30)9-32-2)20(24-11)25-17-4-14(27-28-17)19-18(23)16(10-33-19)34-21(31)26-22-5-12(6-22)7-22/h3-4,8,12,16,18-19H,5-7,9-10H2,1-2H3,(H,26,31)(H2,24,25,27,28)/t12?,16-,18+,19-,22?/m1/s1. The molecule has 0 spiro atoms. The van der Waals surface area contributed by atoms with Crippen molar-refractivity contribution in [1.29, 1.82) is 0 Å². The summed E-state index contributed by atoms with van der Waals surface area (Å²) in [4.78, 5) is 16.7. The number of alkyl halides is 1. The molecule has 0 unspecified atom stereocenters. The van der Waals surface area contributed by atoms with E-state index in [9.17, 15) is 4.79 Å². The third-order valence-corrected chi connectivity index (χ3v) is 6.82. The number of aryl methyl sites for hydroxylation is 1. The second kappa shape index (κ2) is 7.91. The molecule has 0 radical (unpaired) electrons. The van der Waals surface area contributed by atoms with E-state index in [4.69, 9.17) is 14.2 Å². The van der Waals surface area contributed by atoms with E-state index >= 15 is 4.39 Å². The van der Waals surface area contributed by atoms with E-state index in [0.29, 0.717) is 23.9 Å². The molecule has 3 N–H and O–H groups in total. The number of ether oxygens (including phenoxy) is 3. The lowest BCUT2D eigenvalue weighted by Crippen LogP contribution is -2.68. The van der Waals surface area contributed by atoms with Crippen molar-refractivity contribution < 1.29 is 23.4 Å². The van der Waals surface area contributed by atoms with E-state index in [1.807, 2.05) is 19.2 Å². The fourth-order valence-electron chi connectivity index (χ4n) is 5.09. The van der Waals surface area contributed by atoms with Crippen molar-refractivity contribution in [1.82, 2.24) is 30.1 Å². The molecule has 3 aliphatic carbocycles. The molecule has 2 bridgehead atoms. The van der Waals surface area contributed by atoms with Crippen molar-refractivity contribution in [3.05, 3.63) is 35.4 Å². The van der Waals surface area contributed by atoms with Gasteiger partial charge >= 0.3 is 6.09 Å². The minimum Gasteiger partial charge on any atom is -0.441 e. The summed E-state index contributed by atoms with van der Waals surface area (Å²) in [6.07, 6.45) is 0.816. The lowest BCUT2D eigenvalue weighted by molar-refractivity contribution is -0.0528. The SMILES string of the molecule is COCc1cc2c(Nc3cc([C@H]4OC[C@@H](OC(=O)NC56CC(C5)C6)[C@@H]4F)[nH]n3)nc(C)cn2n1. The smallest absolute Gasteiger partial charge is 0.408 e. The Hall–Kier alpha value is -3.25. The molecule has 3 atom stereocenters. The molecule has 34 heavy (non-hydrogen) atoms. The number of carbonyl (C=O) groups excluding carboxylic acids is 1. The summed E-state index contributed by atoms with van der Waals surface area (Å²) in [5, 5.41) is 17.6. The van der Waals surface area contributed by atoms with Gasteiger partial charge in [0.15, 0.2) is 23.9 Å². The Kier molecular flexibility index (Phi) is 4.96. The number of alkyl carbamates (subject to hydrolysis) is 1. The van der Waals surface area contributed by atoms with Crippen LogP contribution in [0.5, 0.6) is 0 Å². The summed E-state index contributed by atoms with van der Waals surface area (Å²) in [6.45, 7) is 2.23. The van der Waals surface area contributed by atoms with Crippen LogP contribution in [0.15, 0.2) is 18.3 Å². The van der Waals surface area contributed by atoms with Gasteiger partial charge in [-0.1, -0.05) is 0 Å². The molecule has 4 fully saturated rings. The quantitative estimate of drug-likeness (QED) is 0.480. The van der Waals surface area contributed by atoms with Crippen LogP contribution in [0, 0.1) is 12.8 Å². The van der Waals surface area contributed by atoms with Crippen molar-refractivity contribution in [2.24, 2.45) is 5.92 Å². The molecular formula is C22H26FN7O4. The summed E-state index contributed by atoms with van der Waals surface area (Å²) in [6, 6.07) is 3.54. The average Bonchev–Trinajstić information content (AvgIpc) is 3.44. The molecule has 1 aliphatic heterocycles. The normalized spacial score (nSPS) is 29.5. The molecule has 11 nitrogen and oxygen atoms in total. The Morgan fingerprint density at radius 1 is 1.38 bits per heavy atom. The first-order valence-corrected chi connectivity index (χ1v) is 11.3. The molecule has 4 aliphatic rings. The molecule has 3 aromatic heterocycles. The third-order valence-electron chi connectivity index (χ3n) is 6.82. The minimum atomic E-state index is -1.51. The Morgan fingerprint density at radius 3 is 2.94 bits per heavy atom. The number of nitrogens with one attached hydrogen (secondary N) is 3. The summed E-state index contributed by atoms with van der Waals surface area (Å²) >= 11 is 0. The maximum Gasteiger partial charge on any atom is 0.408 e. The van der Waals surface area contributed by atoms with Gasteiger partial charge in [0.1, 0.15) is 11.6 Å². The van der Waals surface area contributed by atoms with Gasteiger partial charge in [-0.05, 0) is 38.2 Å². The molecule has 1 amide bonds. The molecule has 3 saturated carbocycles. The zero-order chi connectivity index (χ0) is 23.4. The van der Waals surface area contributed by atoms with Gasteiger partial charge in [0.05, 0.1) is 36.5 Å². The maximum absolute atomic E-state index is 15.1. The van der Waals surface area contributed by atoms with Gasteiger partial charge in [0.2, 0.25) is 0 Å². The number of halogens is 1. The van der Waals surface area contributed by atoms with Crippen LogP contribution in [0.2, 0.25) is 0 Å². The number of hydrogen-bond acceptors (Lipinski definition) is 8. The summed E-state index contributed by atoms with van der Waals surface area (Å²) in [5.74, 6) is 1.73. The molecule has 1 saturated heterocycles. The van der Waals surface area contributed by atoms with Crippen molar-refractivity contribution in [3.8, 4) is 0 Å². The van der Waals surface area contributed by atoms with Gasteiger partial charge in [0.25, 0.3) is 0 Å².